The van der Waals surface area contributed by atoms with Crippen molar-refractivity contribution in [3.63, 3.8) is 0 Å². The van der Waals surface area contributed by atoms with Crippen molar-refractivity contribution in [2.24, 2.45) is 28.7 Å². The maximum absolute atomic E-state index is 9.00. The SMILES string of the molecule is C.C.NC(N)=O.[Cl-].[Cl-].[Cl-].[N-]=C(N)SCCSCC(CSC(N)=[NH2+])SCCSC(N)=[NH2+].[Na+].[Na+].[Na+].[Na+].[OH-].[S-]CCSCC(C[S-])SCC[S-]. The molecule has 0 aliphatic carbocycles. The van der Waals surface area contributed by atoms with Crippen molar-refractivity contribution >= 4 is 142 Å². The Morgan fingerprint density at radius 3 is 1.38 bits per heavy atom. The van der Waals surface area contributed by atoms with Gasteiger partial charge in [0.1, 0.15) is 0 Å². The number of thioether (sulfide) groups is 7. The minimum atomic E-state index is -0.833. The number of primary amides is 2. The van der Waals surface area contributed by atoms with Gasteiger partial charge in [-0.15, -0.1) is 11.8 Å². The summed E-state index contributed by atoms with van der Waals surface area (Å²) in [5, 5.41) is 21.6. The molecular weight excluding hydrogens is 903 g/mol. The zero-order chi connectivity index (χ0) is 28.9. The van der Waals surface area contributed by atoms with Gasteiger partial charge < -0.3 is 103 Å². The predicted octanol–water partition coefficient (Wildman–Crippen LogP) is -21.3. The van der Waals surface area contributed by atoms with Gasteiger partial charge in [-0.2, -0.15) is 64.3 Å². The smallest absolute Gasteiger partial charge is 1.00 e. The van der Waals surface area contributed by atoms with Crippen LogP contribution < -0.4 is 195 Å². The standard InChI is InChI=1S/C10H21N6S5.C7H16S5.CH4N2O.2CH4.3ClH.4Na.H2O/c11-8(12)19-2-1-17-5-7(6-21-10(15)16)18-3-4-20-9(13)14;8-1-3-11-6-7(5-10)12-4-2-9;2-1(3)4;;;;;;;;;;/h7H,1-6H2,(H8-,11,12,13,14,15,16);7-10H,1-6H2;(H4,2,3,4);2*1H4;3*1H;;;;;1H2/q-1;;;;;;;;4*+1;/p-5. The van der Waals surface area contributed by atoms with Crippen LogP contribution in [0.15, 0.2) is 0 Å². The number of nitrogens with two attached hydrogens (primary N) is 7. The van der Waals surface area contributed by atoms with Crippen molar-refractivity contribution in [2.75, 3.05) is 69.0 Å². The van der Waals surface area contributed by atoms with E-state index in [4.69, 9.17) is 76.1 Å². The van der Waals surface area contributed by atoms with E-state index < -0.39 is 6.03 Å². The van der Waals surface area contributed by atoms with Gasteiger partial charge in [-0.1, -0.05) is 14.9 Å². The Morgan fingerprint density at radius 2 is 1.00 bits per heavy atom. The molecule has 47 heavy (non-hydrogen) atoms. The zero-order valence-electron chi connectivity index (χ0n) is 26.2. The van der Waals surface area contributed by atoms with Crippen LogP contribution in [0.3, 0.4) is 0 Å². The van der Waals surface area contributed by atoms with Gasteiger partial charge in [0, 0.05) is 45.5 Å². The normalized spacial score (nSPS) is 9.26. The minimum Gasteiger partial charge on any atom is -1.00 e. The number of carbonyl (C=O) groups excluding carboxylic acids is 1. The van der Waals surface area contributed by atoms with Gasteiger partial charge in [-0.3, -0.25) is 22.3 Å². The maximum atomic E-state index is 9.00. The van der Waals surface area contributed by atoms with Gasteiger partial charge in [0.15, 0.2) is 0 Å². The minimum absolute atomic E-state index is 0. The van der Waals surface area contributed by atoms with Crippen molar-refractivity contribution in [3.8, 4) is 0 Å². The molecule has 268 valence electrons. The summed E-state index contributed by atoms with van der Waals surface area (Å²) >= 11 is 26.5. The second kappa shape index (κ2) is 73.2. The van der Waals surface area contributed by atoms with Gasteiger partial charge in [-0.05, 0) is 45.4 Å². The van der Waals surface area contributed by atoms with Crippen LogP contribution in [0.4, 0.5) is 4.79 Å². The first-order valence-corrected chi connectivity index (χ1v) is 19.7. The Hall–Kier alpha value is 6.01. The molecule has 0 heterocycles. The van der Waals surface area contributed by atoms with Crippen molar-refractivity contribution in [1.29, 1.82) is 0 Å². The van der Waals surface area contributed by atoms with Gasteiger partial charge >= 0.3 is 124 Å². The summed E-state index contributed by atoms with van der Waals surface area (Å²) in [6.07, 6.45) is 0. The largest absolute Gasteiger partial charge is 1.00 e. The Balaban J connectivity index is -0.0000000356. The van der Waals surface area contributed by atoms with Crippen molar-refractivity contribution in [1.82, 2.24) is 0 Å². The Morgan fingerprint density at radius 1 is 0.617 bits per heavy atom. The van der Waals surface area contributed by atoms with E-state index in [9.17, 15) is 0 Å². The van der Waals surface area contributed by atoms with Crippen LogP contribution in [-0.4, -0.2) is 107 Å². The van der Waals surface area contributed by atoms with Crippen molar-refractivity contribution < 1.29 is 177 Å². The Bertz CT molecular complexity index is 633. The molecule has 0 aromatic carbocycles. The molecule has 0 aromatic heterocycles. The van der Waals surface area contributed by atoms with E-state index in [1.54, 1.807) is 0 Å². The average molecular weight is 953 g/mol. The third-order valence-electron chi connectivity index (χ3n) is 3.08. The molecule has 0 radical (unpaired) electrons. The molecular formula is C20H49Cl3N8Na4O2S10-2. The molecule has 0 spiro atoms. The molecule has 0 fully saturated rings. The fourth-order valence-corrected chi connectivity index (χ4v) is 9.58. The zero-order valence-corrected chi connectivity index (χ0v) is 44.6. The molecule has 27 heteroatoms. The Labute approximate surface area is 439 Å². The van der Waals surface area contributed by atoms with Gasteiger partial charge in [0.05, 0.1) is 0 Å². The molecule has 2 unspecified atom stereocenters. The number of amidine groups is 3. The monoisotopic (exact) mass is 950 g/mol. The van der Waals surface area contributed by atoms with E-state index in [1.807, 2.05) is 47.0 Å². The van der Waals surface area contributed by atoms with E-state index in [1.165, 1.54) is 35.3 Å². The van der Waals surface area contributed by atoms with E-state index in [2.05, 4.69) is 11.5 Å². The number of rotatable bonds is 19. The second-order valence-corrected chi connectivity index (χ2v) is 15.9. The number of hydrogen-bond donors (Lipinski definition) is 7. The number of halogens is 3. The number of amides is 2. The van der Waals surface area contributed by atoms with E-state index in [0.29, 0.717) is 20.8 Å². The first-order valence-electron chi connectivity index (χ1n) is 10.6. The summed E-state index contributed by atoms with van der Waals surface area (Å²) < 4.78 is 0. The fraction of sp³-hybridized carbons (Fsp3) is 0.800. The summed E-state index contributed by atoms with van der Waals surface area (Å²) in [6, 6.07) is -0.833. The molecule has 0 bridgehead atoms. The van der Waals surface area contributed by atoms with Crippen LogP contribution in [0, 0.1) is 0 Å². The number of nitrogens with zero attached hydrogens (tertiary/aromatic N) is 1. The Kier molecular flexibility index (Phi) is 139. The van der Waals surface area contributed by atoms with Crippen LogP contribution >= 0.6 is 82.3 Å². The topological polar surface area (TPSA) is 251 Å². The second-order valence-electron chi connectivity index (χ2n) is 6.26. The third kappa shape index (κ3) is 95.0. The molecule has 0 aliphatic heterocycles. The fourth-order valence-electron chi connectivity index (χ4n) is 1.76. The molecule has 2 amide bonds. The van der Waals surface area contributed by atoms with Crippen LogP contribution in [-0.2, 0) is 37.9 Å². The van der Waals surface area contributed by atoms with Crippen LogP contribution in [0.5, 0.6) is 0 Å². The van der Waals surface area contributed by atoms with E-state index in [-0.39, 0.29) is 181 Å². The average Bonchev–Trinajstić information content (AvgIpc) is 2.81. The van der Waals surface area contributed by atoms with Gasteiger partial charge in [0.2, 0.25) is 0 Å². The quantitative estimate of drug-likeness (QED) is 0.0209. The van der Waals surface area contributed by atoms with Crippen molar-refractivity contribution in [2.45, 2.75) is 25.4 Å². The molecule has 0 aromatic rings. The number of urea groups is 1. The first kappa shape index (κ1) is 89.6. The third-order valence-corrected chi connectivity index (χ3v) is 12.9. The molecule has 0 aliphatic rings. The van der Waals surface area contributed by atoms with Gasteiger partial charge in [0.25, 0.3) is 10.3 Å². The molecule has 0 saturated heterocycles. The van der Waals surface area contributed by atoms with Crippen molar-refractivity contribution in [3.05, 3.63) is 5.41 Å². The first-order chi connectivity index (χ1) is 17.5. The van der Waals surface area contributed by atoms with Crippen LogP contribution in [0.2, 0.25) is 0 Å². The maximum Gasteiger partial charge on any atom is 1.00 e. The van der Waals surface area contributed by atoms with Crippen LogP contribution in [0.1, 0.15) is 14.9 Å². The number of carbonyl (C=O) groups is 1. The molecule has 10 nitrogen and oxygen atoms in total. The molecule has 15 N–H and O–H groups in total. The van der Waals surface area contributed by atoms with Crippen LogP contribution in [0.25, 0.3) is 5.41 Å². The van der Waals surface area contributed by atoms with Gasteiger partial charge in [-0.25, -0.2) is 4.79 Å². The molecule has 2 atom stereocenters. The predicted molar refractivity (Wildman–Crippen MR) is 205 cm³/mol. The summed E-state index contributed by atoms with van der Waals surface area (Å²) in [7, 11) is 0. The summed E-state index contributed by atoms with van der Waals surface area (Å²) in [5.74, 6) is 11.3. The van der Waals surface area contributed by atoms with E-state index >= 15 is 0 Å². The summed E-state index contributed by atoms with van der Waals surface area (Å²) in [5.41, 5.74) is 24.6. The molecule has 0 saturated carbocycles. The summed E-state index contributed by atoms with van der Waals surface area (Å²) in [6.45, 7) is 0. The van der Waals surface area contributed by atoms with E-state index in [0.717, 1.165) is 69.0 Å². The summed E-state index contributed by atoms with van der Waals surface area (Å²) in [4.78, 5) is 9.00. The number of hydrogen-bond acceptors (Lipinski definition) is 12. The molecule has 0 rings (SSSR count).